The summed E-state index contributed by atoms with van der Waals surface area (Å²) in [6.45, 7) is 0. The molecule has 0 aromatic heterocycles. The molecular formula is C21H20O6. The van der Waals surface area contributed by atoms with Gasteiger partial charge in [0, 0.05) is 5.92 Å². The van der Waals surface area contributed by atoms with E-state index in [2.05, 4.69) is 0 Å². The Balaban J connectivity index is 1.92. The van der Waals surface area contributed by atoms with Crippen LogP contribution >= 0.6 is 0 Å². The minimum absolute atomic E-state index is 0.00503. The van der Waals surface area contributed by atoms with Gasteiger partial charge in [0.05, 0.1) is 20.6 Å². The van der Waals surface area contributed by atoms with Gasteiger partial charge in [-0.15, -0.1) is 0 Å². The number of methoxy groups -OCH3 is 2. The molecule has 27 heavy (non-hydrogen) atoms. The van der Waals surface area contributed by atoms with E-state index in [4.69, 9.17) is 9.47 Å². The summed E-state index contributed by atoms with van der Waals surface area (Å²) < 4.78 is 9.95. The molecule has 1 aromatic carbocycles. The van der Waals surface area contributed by atoms with Crippen molar-refractivity contribution in [2.45, 2.75) is 6.42 Å². The highest BCUT2D eigenvalue weighted by atomic mass is 16.5. The van der Waals surface area contributed by atoms with Crippen LogP contribution < -0.4 is 4.74 Å². The molecule has 140 valence electrons. The maximum absolute atomic E-state index is 11.9. The molecule has 0 saturated heterocycles. The Kier molecular flexibility index (Phi) is 6.88. The van der Waals surface area contributed by atoms with E-state index in [-0.39, 0.29) is 41.2 Å². The first-order valence-electron chi connectivity index (χ1n) is 8.20. The van der Waals surface area contributed by atoms with E-state index in [9.17, 15) is 19.5 Å². The molecule has 0 spiro atoms. The Bertz CT molecular complexity index is 857. The van der Waals surface area contributed by atoms with Crippen molar-refractivity contribution in [1.29, 1.82) is 0 Å². The van der Waals surface area contributed by atoms with Gasteiger partial charge in [-0.1, -0.05) is 24.3 Å². The summed E-state index contributed by atoms with van der Waals surface area (Å²) in [6.07, 6.45) is 10.2. The minimum atomic E-state index is -0.348. The number of phenols is 1. The van der Waals surface area contributed by atoms with Gasteiger partial charge >= 0.3 is 0 Å². The average Bonchev–Trinajstić information content (AvgIpc) is 2.66. The smallest absolute Gasteiger partial charge is 0.219 e. The molecule has 1 unspecified atom stereocenters. The molecule has 0 bridgehead atoms. The highest BCUT2D eigenvalue weighted by Gasteiger charge is 2.14. The topological polar surface area (TPSA) is 89.9 Å². The number of carbonyl (C=O) groups excluding carboxylic acids is 3. The Hall–Kier alpha value is -3.41. The normalized spacial score (nSPS) is 16.6. The highest BCUT2D eigenvalue weighted by molar-refractivity contribution is 6.09. The fraction of sp³-hybridized carbons (Fsp3) is 0.190. The third kappa shape index (κ3) is 5.81. The van der Waals surface area contributed by atoms with Crippen molar-refractivity contribution in [2.75, 3.05) is 14.2 Å². The number of hydrogen-bond donors (Lipinski definition) is 1. The Morgan fingerprint density at radius 1 is 1.15 bits per heavy atom. The molecule has 0 saturated carbocycles. The summed E-state index contributed by atoms with van der Waals surface area (Å²) in [5, 5.41) is 9.54. The van der Waals surface area contributed by atoms with Gasteiger partial charge in [0.25, 0.3) is 0 Å². The highest BCUT2D eigenvalue weighted by Crippen LogP contribution is 2.26. The SMILES string of the molecule is COC1=CC(/C=C/C(=O)CC(=O)/C=C/c2ccc(O)c(OC)c2)C=CC1=O. The van der Waals surface area contributed by atoms with Crippen molar-refractivity contribution in [3.63, 3.8) is 0 Å². The van der Waals surface area contributed by atoms with Crippen LogP contribution in [0.15, 0.2) is 60.4 Å². The monoisotopic (exact) mass is 368 g/mol. The number of ketones is 3. The number of aromatic hydroxyl groups is 1. The van der Waals surface area contributed by atoms with Gasteiger partial charge in [-0.3, -0.25) is 14.4 Å². The van der Waals surface area contributed by atoms with Gasteiger partial charge < -0.3 is 14.6 Å². The standard InChI is InChI=1S/C21H20O6/c1-26-20-11-14(5-9-18(20)24)3-7-16(22)13-17(23)8-4-15-6-10-19(25)21(12-15)27-2/h3-12,14,25H,13H2,1-2H3/b7-3+,8-4+. The lowest BCUT2D eigenvalue weighted by molar-refractivity contribution is -0.122. The Morgan fingerprint density at radius 3 is 2.59 bits per heavy atom. The molecule has 0 radical (unpaired) electrons. The molecule has 1 aromatic rings. The zero-order chi connectivity index (χ0) is 19.8. The van der Waals surface area contributed by atoms with Crippen LogP contribution in [0.1, 0.15) is 12.0 Å². The summed E-state index contributed by atoms with van der Waals surface area (Å²) in [5.41, 5.74) is 0.662. The maximum atomic E-state index is 11.9. The number of phenolic OH excluding ortho intramolecular Hbond substituents is 1. The van der Waals surface area contributed by atoms with Crippen LogP contribution in [-0.4, -0.2) is 36.7 Å². The second-order valence-electron chi connectivity index (χ2n) is 5.77. The molecule has 6 heteroatoms. The lowest BCUT2D eigenvalue weighted by Gasteiger charge is -2.10. The first-order valence-corrected chi connectivity index (χ1v) is 8.20. The molecule has 0 fully saturated rings. The Morgan fingerprint density at radius 2 is 1.89 bits per heavy atom. The first kappa shape index (κ1) is 19.9. The number of hydrogen-bond acceptors (Lipinski definition) is 6. The van der Waals surface area contributed by atoms with E-state index < -0.39 is 0 Å². The molecule has 0 amide bonds. The van der Waals surface area contributed by atoms with E-state index in [0.717, 1.165) is 0 Å². The molecule has 1 aliphatic carbocycles. The van der Waals surface area contributed by atoms with Gasteiger partial charge in [-0.2, -0.15) is 0 Å². The van der Waals surface area contributed by atoms with Crippen molar-refractivity contribution in [2.24, 2.45) is 5.92 Å². The van der Waals surface area contributed by atoms with Gasteiger partial charge in [0.1, 0.15) is 0 Å². The quantitative estimate of drug-likeness (QED) is 0.561. The van der Waals surface area contributed by atoms with E-state index in [0.29, 0.717) is 11.3 Å². The van der Waals surface area contributed by atoms with E-state index >= 15 is 0 Å². The van der Waals surface area contributed by atoms with E-state index in [1.165, 1.54) is 38.5 Å². The summed E-state index contributed by atoms with van der Waals surface area (Å²) in [5.74, 6) is -0.624. The van der Waals surface area contributed by atoms with Crippen LogP contribution in [0.25, 0.3) is 6.08 Å². The van der Waals surface area contributed by atoms with Crippen LogP contribution in [-0.2, 0) is 19.1 Å². The van der Waals surface area contributed by atoms with Crippen molar-refractivity contribution in [3.8, 4) is 11.5 Å². The van der Waals surface area contributed by atoms with Crippen molar-refractivity contribution in [3.05, 3.63) is 66.0 Å². The zero-order valence-electron chi connectivity index (χ0n) is 15.0. The van der Waals surface area contributed by atoms with Crippen molar-refractivity contribution < 1.29 is 29.0 Å². The van der Waals surface area contributed by atoms with Gasteiger partial charge in [0.2, 0.25) is 5.78 Å². The van der Waals surface area contributed by atoms with Crippen molar-refractivity contribution >= 4 is 23.4 Å². The first-order chi connectivity index (χ1) is 12.9. The predicted molar refractivity (Wildman–Crippen MR) is 100 cm³/mol. The number of rotatable bonds is 8. The predicted octanol–water partition coefficient (Wildman–Crippen LogP) is 2.78. The average molecular weight is 368 g/mol. The van der Waals surface area contributed by atoms with E-state index in [1.807, 2.05) is 0 Å². The summed E-state index contributed by atoms with van der Waals surface area (Å²) in [4.78, 5) is 35.3. The lowest BCUT2D eigenvalue weighted by atomic mass is 10.00. The molecular weight excluding hydrogens is 348 g/mol. The van der Waals surface area contributed by atoms with Crippen molar-refractivity contribution in [1.82, 2.24) is 0 Å². The largest absolute Gasteiger partial charge is 0.504 e. The fourth-order valence-electron chi connectivity index (χ4n) is 2.38. The summed E-state index contributed by atoms with van der Waals surface area (Å²) in [7, 11) is 2.84. The third-order valence-corrected chi connectivity index (χ3v) is 3.79. The van der Waals surface area contributed by atoms with Gasteiger partial charge in [-0.25, -0.2) is 0 Å². The van der Waals surface area contributed by atoms with Gasteiger partial charge in [-0.05, 0) is 42.0 Å². The van der Waals surface area contributed by atoms with Gasteiger partial charge in [0.15, 0.2) is 28.8 Å². The molecule has 1 atom stereocenters. The van der Waals surface area contributed by atoms with Crippen LogP contribution in [0.2, 0.25) is 0 Å². The molecule has 1 N–H and O–H groups in total. The number of carbonyl (C=O) groups is 3. The Labute approximate surface area is 157 Å². The molecule has 0 aliphatic heterocycles. The van der Waals surface area contributed by atoms with Crippen LogP contribution in [0.4, 0.5) is 0 Å². The fourth-order valence-corrected chi connectivity index (χ4v) is 2.38. The molecule has 6 nitrogen and oxygen atoms in total. The second-order valence-corrected chi connectivity index (χ2v) is 5.77. The number of benzene rings is 1. The zero-order valence-corrected chi connectivity index (χ0v) is 15.0. The molecule has 0 heterocycles. The third-order valence-electron chi connectivity index (χ3n) is 3.79. The minimum Gasteiger partial charge on any atom is -0.504 e. The second kappa shape index (κ2) is 9.33. The number of allylic oxidation sites excluding steroid dienone is 6. The van der Waals surface area contributed by atoms with Crippen LogP contribution in [0.3, 0.4) is 0 Å². The van der Waals surface area contributed by atoms with Crippen LogP contribution in [0.5, 0.6) is 11.5 Å². The molecule has 2 rings (SSSR count). The van der Waals surface area contributed by atoms with Crippen LogP contribution in [0, 0.1) is 5.92 Å². The van der Waals surface area contributed by atoms with E-state index in [1.54, 1.807) is 36.4 Å². The summed E-state index contributed by atoms with van der Waals surface area (Å²) in [6, 6.07) is 4.66. The maximum Gasteiger partial charge on any atom is 0.219 e. The number of ether oxygens (including phenoxy) is 2. The molecule has 1 aliphatic rings. The summed E-state index contributed by atoms with van der Waals surface area (Å²) >= 11 is 0. The lowest BCUT2D eigenvalue weighted by Crippen LogP contribution is -2.09.